The van der Waals surface area contributed by atoms with E-state index in [-0.39, 0.29) is 21.8 Å². The van der Waals surface area contributed by atoms with Crippen LogP contribution in [0.2, 0.25) is 5.02 Å². The lowest BCUT2D eigenvalue weighted by Gasteiger charge is -2.06. The molecule has 0 aromatic heterocycles. The molecule has 0 atom stereocenters. The first kappa shape index (κ1) is 13.7. The topological polar surface area (TPSA) is 84.0 Å². The summed E-state index contributed by atoms with van der Waals surface area (Å²) in [6, 6.07) is 12.2. The zero-order chi connectivity index (χ0) is 14.7. The molecule has 0 spiro atoms. The molecule has 2 aromatic carbocycles. The number of carbonyl (C=O) groups excluding carboxylic acids is 1. The van der Waals surface area contributed by atoms with E-state index in [4.69, 9.17) is 16.9 Å². The standard InChI is InChI=1S/C14H7ClN2O3/c15-12-7-11(17(19)20)6-10(8-16)13(12)14(18)9-4-2-1-3-5-9/h1-7H. The molecule has 0 amide bonds. The van der Waals surface area contributed by atoms with Gasteiger partial charge in [0.25, 0.3) is 5.69 Å². The second kappa shape index (κ2) is 5.51. The average molecular weight is 287 g/mol. The summed E-state index contributed by atoms with van der Waals surface area (Å²) < 4.78 is 0. The van der Waals surface area contributed by atoms with Gasteiger partial charge in [0, 0.05) is 17.7 Å². The summed E-state index contributed by atoms with van der Waals surface area (Å²) in [5.74, 6) is -0.443. The first-order valence-electron chi connectivity index (χ1n) is 5.52. The minimum absolute atomic E-state index is 0.0223. The van der Waals surface area contributed by atoms with Gasteiger partial charge in [-0.2, -0.15) is 5.26 Å². The van der Waals surface area contributed by atoms with E-state index in [0.717, 1.165) is 12.1 Å². The Labute approximate surface area is 119 Å². The zero-order valence-corrected chi connectivity index (χ0v) is 10.8. The van der Waals surface area contributed by atoms with E-state index in [1.807, 2.05) is 0 Å². The number of nitro groups is 1. The lowest BCUT2D eigenvalue weighted by Crippen LogP contribution is -2.06. The Morgan fingerprint density at radius 1 is 1.25 bits per heavy atom. The van der Waals surface area contributed by atoms with Gasteiger partial charge in [-0.25, -0.2) is 0 Å². The fourth-order valence-electron chi connectivity index (χ4n) is 1.75. The number of carbonyl (C=O) groups is 1. The van der Waals surface area contributed by atoms with Crippen LogP contribution in [0.5, 0.6) is 0 Å². The van der Waals surface area contributed by atoms with Crippen LogP contribution in [0.15, 0.2) is 42.5 Å². The lowest BCUT2D eigenvalue weighted by atomic mass is 9.98. The number of benzene rings is 2. The Bertz CT molecular complexity index is 736. The SMILES string of the molecule is N#Cc1cc([N+](=O)[O-])cc(Cl)c1C(=O)c1ccccc1. The molecule has 0 aliphatic carbocycles. The normalized spacial score (nSPS) is 9.80. The molecule has 2 aromatic rings. The van der Waals surface area contributed by atoms with Crippen molar-refractivity contribution in [1.82, 2.24) is 0 Å². The molecule has 0 heterocycles. The summed E-state index contributed by atoms with van der Waals surface area (Å²) in [6.45, 7) is 0. The Hall–Kier alpha value is -2.71. The van der Waals surface area contributed by atoms with Crippen LogP contribution < -0.4 is 0 Å². The molecule has 0 bridgehead atoms. The Morgan fingerprint density at radius 2 is 1.90 bits per heavy atom. The second-order valence-electron chi connectivity index (χ2n) is 3.91. The van der Waals surface area contributed by atoms with Gasteiger partial charge in [0.2, 0.25) is 0 Å². The number of nitriles is 1. The summed E-state index contributed by atoms with van der Waals surface area (Å²) >= 11 is 5.93. The van der Waals surface area contributed by atoms with Crippen molar-refractivity contribution in [3.63, 3.8) is 0 Å². The highest BCUT2D eigenvalue weighted by Crippen LogP contribution is 2.28. The Kier molecular flexibility index (Phi) is 3.78. The van der Waals surface area contributed by atoms with Crippen LogP contribution in [0.3, 0.4) is 0 Å². The smallest absolute Gasteiger partial charge is 0.272 e. The third-order valence-electron chi connectivity index (χ3n) is 2.67. The van der Waals surface area contributed by atoms with Crippen molar-refractivity contribution >= 4 is 23.1 Å². The van der Waals surface area contributed by atoms with E-state index < -0.39 is 10.7 Å². The molecule has 0 aliphatic rings. The first-order valence-corrected chi connectivity index (χ1v) is 5.90. The maximum Gasteiger partial charge on any atom is 0.272 e. The van der Waals surface area contributed by atoms with Crippen molar-refractivity contribution in [3.8, 4) is 6.07 Å². The van der Waals surface area contributed by atoms with Gasteiger partial charge in [0.05, 0.1) is 21.1 Å². The third kappa shape index (κ3) is 2.51. The predicted molar refractivity (Wildman–Crippen MR) is 72.7 cm³/mol. The number of rotatable bonds is 3. The summed E-state index contributed by atoms with van der Waals surface area (Å²) in [7, 11) is 0. The van der Waals surface area contributed by atoms with E-state index in [2.05, 4.69) is 0 Å². The Morgan fingerprint density at radius 3 is 2.45 bits per heavy atom. The average Bonchev–Trinajstić information content (AvgIpc) is 2.46. The lowest BCUT2D eigenvalue weighted by molar-refractivity contribution is -0.384. The highest BCUT2D eigenvalue weighted by atomic mass is 35.5. The summed E-state index contributed by atoms with van der Waals surface area (Å²) in [6.07, 6.45) is 0. The van der Waals surface area contributed by atoms with Crippen LogP contribution in [0.4, 0.5) is 5.69 Å². The largest absolute Gasteiger partial charge is 0.289 e. The van der Waals surface area contributed by atoms with E-state index in [1.165, 1.54) is 0 Å². The number of halogens is 1. The zero-order valence-electron chi connectivity index (χ0n) is 10.0. The van der Waals surface area contributed by atoms with Crippen molar-refractivity contribution in [3.05, 3.63) is 74.3 Å². The highest BCUT2D eigenvalue weighted by Gasteiger charge is 2.21. The predicted octanol–water partition coefficient (Wildman–Crippen LogP) is 3.35. The number of hydrogen-bond acceptors (Lipinski definition) is 4. The molecular weight excluding hydrogens is 280 g/mol. The van der Waals surface area contributed by atoms with Gasteiger partial charge < -0.3 is 0 Å². The van der Waals surface area contributed by atoms with Gasteiger partial charge in [0.15, 0.2) is 5.78 Å². The molecule has 0 saturated carbocycles. The minimum Gasteiger partial charge on any atom is -0.289 e. The van der Waals surface area contributed by atoms with Gasteiger partial charge in [0.1, 0.15) is 6.07 Å². The minimum atomic E-state index is -0.663. The molecule has 0 radical (unpaired) electrons. The fourth-order valence-corrected chi connectivity index (χ4v) is 2.05. The van der Waals surface area contributed by atoms with Gasteiger partial charge in [-0.05, 0) is 0 Å². The van der Waals surface area contributed by atoms with Crippen LogP contribution in [0.1, 0.15) is 21.5 Å². The number of nitrogens with zero attached hydrogens (tertiary/aromatic N) is 2. The third-order valence-corrected chi connectivity index (χ3v) is 2.97. The van der Waals surface area contributed by atoms with Gasteiger partial charge in [-0.1, -0.05) is 41.9 Å². The summed E-state index contributed by atoms with van der Waals surface area (Å²) in [5.41, 5.74) is -0.0973. The maximum absolute atomic E-state index is 12.3. The summed E-state index contributed by atoms with van der Waals surface area (Å²) in [4.78, 5) is 22.4. The van der Waals surface area contributed by atoms with Crippen LogP contribution >= 0.6 is 11.6 Å². The Balaban J connectivity index is 2.61. The first-order chi connectivity index (χ1) is 9.54. The van der Waals surface area contributed by atoms with Gasteiger partial charge in [-0.15, -0.1) is 0 Å². The molecule has 0 aliphatic heterocycles. The highest BCUT2D eigenvalue weighted by molar-refractivity contribution is 6.35. The molecule has 6 heteroatoms. The molecule has 0 N–H and O–H groups in total. The van der Waals surface area contributed by atoms with Crippen LogP contribution in [0.25, 0.3) is 0 Å². The molecule has 2 rings (SSSR count). The number of non-ortho nitro benzene ring substituents is 1. The molecule has 98 valence electrons. The van der Waals surface area contributed by atoms with Gasteiger partial charge >= 0.3 is 0 Å². The van der Waals surface area contributed by atoms with Crippen molar-refractivity contribution in [2.45, 2.75) is 0 Å². The van der Waals surface area contributed by atoms with Crippen LogP contribution in [-0.2, 0) is 0 Å². The van der Waals surface area contributed by atoms with E-state index in [9.17, 15) is 14.9 Å². The number of ketones is 1. The molecule has 0 fully saturated rings. The second-order valence-corrected chi connectivity index (χ2v) is 4.32. The molecule has 0 unspecified atom stereocenters. The van der Waals surface area contributed by atoms with Gasteiger partial charge in [-0.3, -0.25) is 14.9 Å². The van der Waals surface area contributed by atoms with Crippen molar-refractivity contribution < 1.29 is 9.72 Å². The van der Waals surface area contributed by atoms with Crippen LogP contribution in [0, 0.1) is 21.4 Å². The quantitative estimate of drug-likeness (QED) is 0.492. The van der Waals surface area contributed by atoms with Crippen molar-refractivity contribution in [1.29, 1.82) is 5.26 Å². The van der Waals surface area contributed by atoms with Crippen LogP contribution in [-0.4, -0.2) is 10.7 Å². The van der Waals surface area contributed by atoms with E-state index in [1.54, 1.807) is 36.4 Å². The molecule has 5 nitrogen and oxygen atoms in total. The molecule has 0 saturated heterocycles. The fraction of sp³-hybridized carbons (Fsp3) is 0. The number of hydrogen-bond donors (Lipinski definition) is 0. The molecular formula is C14H7ClN2O3. The molecule has 20 heavy (non-hydrogen) atoms. The van der Waals surface area contributed by atoms with E-state index >= 15 is 0 Å². The van der Waals surface area contributed by atoms with Crippen molar-refractivity contribution in [2.75, 3.05) is 0 Å². The number of nitro benzene ring substituents is 1. The monoisotopic (exact) mass is 286 g/mol. The van der Waals surface area contributed by atoms with E-state index in [0.29, 0.717) is 5.56 Å². The summed E-state index contributed by atoms with van der Waals surface area (Å²) in [5, 5.41) is 19.7. The van der Waals surface area contributed by atoms with Crippen molar-refractivity contribution in [2.24, 2.45) is 0 Å². The maximum atomic E-state index is 12.3.